The van der Waals surface area contributed by atoms with E-state index in [1.807, 2.05) is 30.3 Å². The Morgan fingerprint density at radius 2 is 2.17 bits per heavy atom. The second kappa shape index (κ2) is 9.39. The first-order valence-electron chi connectivity index (χ1n) is 10.8. The van der Waals surface area contributed by atoms with Gasteiger partial charge in [0.05, 0.1) is 13.2 Å². The van der Waals surface area contributed by atoms with Crippen molar-refractivity contribution in [1.29, 1.82) is 0 Å². The zero-order chi connectivity index (χ0) is 20.9. The van der Waals surface area contributed by atoms with Gasteiger partial charge in [0.2, 0.25) is 0 Å². The van der Waals surface area contributed by atoms with Gasteiger partial charge in [0.15, 0.2) is 5.78 Å². The second-order valence-electron chi connectivity index (χ2n) is 7.92. The van der Waals surface area contributed by atoms with Gasteiger partial charge in [-0.25, -0.2) is 0 Å². The highest BCUT2D eigenvalue weighted by atomic mass is 16.5. The number of Topliss-reactive ketones (excluding diaryl/α,β-unsaturated/α-hetero) is 1. The van der Waals surface area contributed by atoms with Crippen LogP contribution in [0.1, 0.15) is 58.2 Å². The third kappa shape index (κ3) is 4.54. The molecule has 0 radical (unpaired) electrons. The van der Waals surface area contributed by atoms with Crippen LogP contribution >= 0.6 is 0 Å². The first kappa shape index (κ1) is 20.5. The molecule has 30 heavy (non-hydrogen) atoms. The largest absolute Gasteiger partial charge is 0.491 e. The Balaban J connectivity index is 1.34. The Morgan fingerprint density at radius 1 is 1.27 bits per heavy atom. The van der Waals surface area contributed by atoms with E-state index in [9.17, 15) is 9.59 Å². The maximum atomic E-state index is 12.9. The highest BCUT2D eigenvalue weighted by molar-refractivity contribution is 6.01. The molecule has 1 saturated heterocycles. The van der Waals surface area contributed by atoms with E-state index in [0.717, 1.165) is 48.1 Å². The molecule has 1 aromatic heterocycles. The van der Waals surface area contributed by atoms with Crippen molar-refractivity contribution in [2.45, 2.75) is 45.1 Å². The molecule has 2 aliphatic rings. The van der Waals surface area contributed by atoms with Crippen molar-refractivity contribution in [3.8, 4) is 5.75 Å². The summed E-state index contributed by atoms with van der Waals surface area (Å²) in [6, 6.07) is 9.42. The van der Waals surface area contributed by atoms with Crippen molar-refractivity contribution in [2.75, 3.05) is 26.3 Å². The summed E-state index contributed by atoms with van der Waals surface area (Å²) >= 11 is 0. The average molecular weight is 408 g/mol. The van der Waals surface area contributed by atoms with Crippen LogP contribution in [0.2, 0.25) is 0 Å². The number of amides is 1. The molecule has 158 valence electrons. The van der Waals surface area contributed by atoms with Gasteiger partial charge in [0.25, 0.3) is 5.91 Å². The number of morpholine rings is 1. The van der Waals surface area contributed by atoms with E-state index >= 15 is 0 Å². The zero-order valence-electron chi connectivity index (χ0n) is 17.4. The minimum absolute atomic E-state index is 0.0726. The van der Waals surface area contributed by atoms with Crippen molar-refractivity contribution in [3.05, 3.63) is 58.9 Å². The van der Waals surface area contributed by atoms with Crippen LogP contribution in [-0.2, 0) is 17.6 Å². The van der Waals surface area contributed by atoms with Gasteiger partial charge in [-0.05, 0) is 37.0 Å². The van der Waals surface area contributed by atoms with Crippen molar-refractivity contribution >= 4 is 11.7 Å². The minimum atomic E-state index is -0.209. The number of aryl methyl sites for hydroxylation is 1. The lowest BCUT2D eigenvalue weighted by atomic mass is 10.1. The fraction of sp³-hybridized carbons (Fsp3) is 0.458. The molecule has 6 nitrogen and oxygen atoms in total. The summed E-state index contributed by atoms with van der Waals surface area (Å²) in [4.78, 5) is 30.9. The molecule has 1 aliphatic carbocycles. The van der Waals surface area contributed by atoms with E-state index < -0.39 is 0 Å². The first-order valence-corrected chi connectivity index (χ1v) is 10.8. The first-order chi connectivity index (χ1) is 14.7. The summed E-state index contributed by atoms with van der Waals surface area (Å²) in [5.41, 5.74) is 3.38. The number of benzene rings is 1. The number of carbonyl (C=O) groups excluding carboxylic acids is 2. The molecule has 6 heteroatoms. The predicted octanol–water partition coefficient (Wildman–Crippen LogP) is 3.47. The van der Waals surface area contributed by atoms with E-state index in [0.29, 0.717) is 38.4 Å². The van der Waals surface area contributed by atoms with Crippen molar-refractivity contribution in [1.82, 2.24) is 9.88 Å². The van der Waals surface area contributed by atoms with Crippen LogP contribution < -0.4 is 4.74 Å². The molecule has 0 spiro atoms. The van der Waals surface area contributed by atoms with Crippen LogP contribution in [0.5, 0.6) is 5.75 Å². The monoisotopic (exact) mass is 408 g/mol. The molecule has 1 amide bonds. The van der Waals surface area contributed by atoms with Crippen LogP contribution in [0.4, 0.5) is 0 Å². The zero-order valence-corrected chi connectivity index (χ0v) is 17.4. The number of unbranched alkanes of at least 4 members (excludes halogenated alkanes) is 1. The molecular weight excluding hydrogens is 380 g/mol. The number of hydrogen-bond acceptors (Lipinski definition) is 5. The minimum Gasteiger partial charge on any atom is -0.491 e. The molecule has 1 unspecified atom stereocenters. The summed E-state index contributed by atoms with van der Waals surface area (Å²) in [5, 5.41) is 0. The van der Waals surface area contributed by atoms with Gasteiger partial charge in [-0.3, -0.25) is 14.6 Å². The molecule has 0 N–H and O–H groups in total. The summed E-state index contributed by atoms with van der Waals surface area (Å²) in [5.74, 6) is 0.848. The molecule has 1 atom stereocenters. The van der Waals surface area contributed by atoms with Gasteiger partial charge >= 0.3 is 0 Å². The fourth-order valence-corrected chi connectivity index (χ4v) is 4.02. The van der Waals surface area contributed by atoms with Crippen molar-refractivity contribution in [3.63, 3.8) is 0 Å². The van der Waals surface area contributed by atoms with Gasteiger partial charge in [-0.2, -0.15) is 0 Å². The maximum absolute atomic E-state index is 12.9. The fourth-order valence-electron chi connectivity index (χ4n) is 4.02. The predicted molar refractivity (Wildman–Crippen MR) is 113 cm³/mol. The number of nitrogens with zero attached hydrogens (tertiary/aromatic N) is 2. The Kier molecular flexibility index (Phi) is 6.43. The molecule has 4 rings (SSSR count). The number of aromatic nitrogens is 1. The molecule has 2 heterocycles. The highest BCUT2D eigenvalue weighted by Gasteiger charge is 2.27. The topological polar surface area (TPSA) is 68.7 Å². The average Bonchev–Trinajstić information content (AvgIpc) is 3.18. The summed E-state index contributed by atoms with van der Waals surface area (Å²) in [7, 11) is 0. The quantitative estimate of drug-likeness (QED) is 0.702. The molecule has 2 aromatic rings. The summed E-state index contributed by atoms with van der Waals surface area (Å²) in [6.45, 7) is 3.99. The number of hydrogen-bond donors (Lipinski definition) is 0. The maximum Gasteiger partial charge on any atom is 0.272 e. The lowest BCUT2D eigenvalue weighted by Crippen LogP contribution is -2.47. The van der Waals surface area contributed by atoms with E-state index in [4.69, 9.17) is 9.47 Å². The van der Waals surface area contributed by atoms with Crippen LogP contribution in [0.3, 0.4) is 0 Å². The number of carbonyl (C=O) groups is 2. The number of ketones is 1. The van der Waals surface area contributed by atoms with Gasteiger partial charge in [0.1, 0.15) is 24.2 Å². The summed E-state index contributed by atoms with van der Waals surface area (Å²) in [6.07, 6.45) is 6.12. The lowest BCUT2D eigenvalue weighted by Gasteiger charge is -2.32. The molecule has 1 aromatic carbocycles. The highest BCUT2D eigenvalue weighted by Crippen LogP contribution is 2.30. The number of ether oxygens (including phenoxy) is 2. The van der Waals surface area contributed by atoms with Gasteiger partial charge in [-0.1, -0.05) is 31.5 Å². The van der Waals surface area contributed by atoms with Gasteiger partial charge in [-0.15, -0.1) is 0 Å². The standard InChI is InChI=1S/C24H28N2O4/c1-2-3-5-17-8-10-21(25-14-17)24(28)26-12-13-29-18(15-26)16-30-23-7-4-6-19-20(23)9-11-22(19)27/h4,6-8,10,14,18H,2-3,5,9,11-13,15-16H2,1H3. The SMILES string of the molecule is CCCCc1ccc(C(=O)N2CCOC(COc3cccc4c3CCC4=O)C2)nc1. The van der Waals surface area contributed by atoms with Gasteiger partial charge in [0, 0.05) is 30.3 Å². The molecule has 1 fully saturated rings. The van der Waals surface area contributed by atoms with Crippen molar-refractivity contribution < 1.29 is 19.1 Å². The van der Waals surface area contributed by atoms with Crippen LogP contribution in [0.15, 0.2) is 36.5 Å². The number of rotatable bonds is 7. The summed E-state index contributed by atoms with van der Waals surface area (Å²) < 4.78 is 11.8. The molecule has 1 aliphatic heterocycles. The van der Waals surface area contributed by atoms with Crippen LogP contribution in [0, 0.1) is 0 Å². The van der Waals surface area contributed by atoms with E-state index in [1.54, 1.807) is 11.1 Å². The normalized spacial score (nSPS) is 18.4. The lowest BCUT2D eigenvalue weighted by molar-refractivity contribution is -0.0403. The van der Waals surface area contributed by atoms with Crippen LogP contribution in [-0.4, -0.2) is 54.0 Å². The molecule has 0 saturated carbocycles. The number of pyridine rings is 1. The van der Waals surface area contributed by atoms with Crippen LogP contribution in [0.25, 0.3) is 0 Å². The third-order valence-corrected chi connectivity index (χ3v) is 5.75. The van der Waals surface area contributed by atoms with E-state index in [-0.39, 0.29) is 17.8 Å². The second-order valence-corrected chi connectivity index (χ2v) is 7.92. The van der Waals surface area contributed by atoms with E-state index in [2.05, 4.69) is 11.9 Å². The number of fused-ring (bicyclic) bond motifs is 1. The van der Waals surface area contributed by atoms with Crippen molar-refractivity contribution in [2.24, 2.45) is 0 Å². The Bertz CT molecular complexity index is 910. The molecule has 0 bridgehead atoms. The Morgan fingerprint density at radius 3 is 2.97 bits per heavy atom. The molecular formula is C24H28N2O4. The Hall–Kier alpha value is -2.73. The smallest absolute Gasteiger partial charge is 0.272 e. The third-order valence-electron chi connectivity index (χ3n) is 5.75. The van der Waals surface area contributed by atoms with Gasteiger partial charge < -0.3 is 14.4 Å². The Labute approximate surface area is 177 Å². The van der Waals surface area contributed by atoms with E-state index in [1.165, 1.54) is 0 Å².